The van der Waals surface area contributed by atoms with Gasteiger partial charge < -0.3 is 5.11 Å². The van der Waals surface area contributed by atoms with E-state index in [2.05, 4.69) is 6.92 Å². The summed E-state index contributed by atoms with van der Waals surface area (Å²) in [6.07, 6.45) is 0.0235. The van der Waals surface area contributed by atoms with Gasteiger partial charge in [0.05, 0.1) is 6.10 Å². The van der Waals surface area contributed by atoms with Crippen molar-refractivity contribution in [1.82, 2.24) is 0 Å². The number of halogens is 2. The predicted molar refractivity (Wildman–Crippen MR) is 55.8 cm³/mol. The van der Waals surface area contributed by atoms with E-state index >= 15 is 0 Å². The minimum absolute atomic E-state index is 0.331. The van der Waals surface area contributed by atoms with Crippen LogP contribution in [0.1, 0.15) is 24.8 Å². The molecule has 1 radical (unpaired) electrons. The van der Waals surface area contributed by atoms with Gasteiger partial charge in [-0.1, -0.05) is 18.5 Å². The summed E-state index contributed by atoms with van der Waals surface area (Å²) in [6, 6.07) is 4.21. The molecule has 0 spiro atoms. The molecule has 1 aromatic rings. The summed E-state index contributed by atoms with van der Waals surface area (Å²) in [4.78, 5) is 0. The Morgan fingerprint density at radius 3 is 2.64 bits per heavy atom. The third-order valence-electron chi connectivity index (χ3n) is 2.20. The van der Waals surface area contributed by atoms with Crippen molar-refractivity contribution in [2.75, 3.05) is 0 Å². The van der Waals surface area contributed by atoms with E-state index in [-0.39, 0.29) is 5.92 Å². The first-order chi connectivity index (χ1) is 6.54. The van der Waals surface area contributed by atoms with Crippen molar-refractivity contribution in [3.63, 3.8) is 0 Å². The molecule has 77 valence electrons. The fourth-order valence-electron chi connectivity index (χ4n) is 1.30. The van der Waals surface area contributed by atoms with E-state index in [4.69, 9.17) is 11.6 Å². The van der Waals surface area contributed by atoms with Crippen LogP contribution in [0.15, 0.2) is 18.2 Å². The van der Waals surface area contributed by atoms with Crippen LogP contribution in [-0.4, -0.2) is 11.2 Å². The third-order valence-corrected chi connectivity index (χ3v) is 2.41. The normalized spacial score (nSPS) is 15.2. The number of rotatable bonds is 3. The molecule has 0 heterocycles. The van der Waals surface area contributed by atoms with E-state index in [1.54, 1.807) is 6.07 Å². The zero-order chi connectivity index (χ0) is 10.7. The number of aliphatic hydroxyl groups excluding tert-OH is 1. The predicted octanol–water partition coefficient (Wildman–Crippen LogP) is 3.17. The Kier molecular flexibility index (Phi) is 3.90. The molecule has 2 atom stereocenters. The average Bonchev–Trinajstić information content (AvgIpc) is 2.14. The van der Waals surface area contributed by atoms with Gasteiger partial charge in [-0.05, 0) is 37.1 Å². The van der Waals surface area contributed by atoms with Crippen molar-refractivity contribution in [3.8, 4) is 0 Å². The minimum atomic E-state index is -0.562. The lowest BCUT2D eigenvalue weighted by atomic mass is 9.94. The van der Waals surface area contributed by atoms with Gasteiger partial charge in [-0.2, -0.15) is 0 Å². The van der Waals surface area contributed by atoms with Crippen LogP contribution in [0.2, 0.25) is 5.02 Å². The fraction of sp³-hybridized carbons (Fsp3) is 0.364. The topological polar surface area (TPSA) is 20.2 Å². The van der Waals surface area contributed by atoms with Gasteiger partial charge in [-0.25, -0.2) is 4.39 Å². The van der Waals surface area contributed by atoms with E-state index in [0.717, 1.165) is 0 Å². The summed E-state index contributed by atoms with van der Waals surface area (Å²) >= 11 is 5.69. The fourth-order valence-corrected chi connectivity index (χ4v) is 1.53. The summed E-state index contributed by atoms with van der Waals surface area (Å²) in [7, 11) is 0. The first-order valence-corrected chi connectivity index (χ1v) is 4.89. The van der Waals surface area contributed by atoms with Crippen LogP contribution in [-0.2, 0) is 0 Å². The maximum absolute atomic E-state index is 13.0. The first kappa shape index (κ1) is 11.5. The van der Waals surface area contributed by atoms with Crippen LogP contribution < -0.4 is 0 Å². The highest BCUT2D eigenvalue weighted by Gasteiger charge is 2.15. The Bertz CT molecular complexity index is 294. The Morgan fingerprint density at radius 2 is 2.14 bits per heavy atom. The van der Waals surface area contributed by atoms with E-state index < -0.39 is 11.9 Å². The second-order valence-corrected chi connectivity index (χ2v) is 3.72. The van der Waals surface area contributed by atoms with Crippen molar-refractivity contribution in [1.29, 1.82) is 0 Å². The van der Waals surface area contributed by atoms with Gasteiger partial charge in [0.25, 0.3) is 0 Å². The second-order valence-electron chi connectivity index (χ2n) is 3.28. The molecule has 0 saturated carbocycles. The molecule has 3 heteroatoms. The molecular weight excluding hydrogens is 203 g/mol. The van der Waals surface area contributed by atoms with E-state index in [9.17, 15) is 9.50 Å². The maximum atomic E-state index is 13.0. The van der Waals surface area contributed by atoms with Crippen LogP contribution in [0.4, 0.5) is 4.39 Å². The molecule has 1 aromatic carbocycles. The van der Waals surface area contributed by atoms with Crippen LogP contribution in [0.3, 0.4) is 0 Å². The molecule has 2 unspecified atom stereocenters. The van der Waals surface area contributed by atoms with Gasteiger partial charge >= 0.3 is 0 Å². The van der Waals surface area contributed by atoms with Gasteiger partial charge in [-0.3, -0.25) is 0 Å². The monoisotopic (exact) mass is 215 g/mol. The zero-order valence-corrected chi connectivity index (χ0v) is 8.76. The van der Waals surface area contributed by atoms with Crippen LogP contribution in [0.25, 0.3) is 0 Å². The molecule has 1 N–H and O–H groups in total. The van der Waals surface area contributed by atoms with Crippen molar-refractivity contribution in [2.24, 2.45) is 0 Å². The van der Waals surface area contributed by atoms with Gasteiger partial charge in [-0.15, -0.1) is 0 Å². The van der Waals surface area contributed by atoms with Crippen LogP contribution >= 0.6 is 11.6 Å². The van der Waals surface area contributed by atoms with E-state index in [1.165, 1.54) is 12.1 Å². The quantitative estimate of drug-likeness (QED) is 0.821. The van der Waals surface area contributed by atoms with E-state index in [0.29, 0.717) is 17.0 Å². The molecule has 0 bridgehead atoms. The zero-order valence-electron chi connectivity index (χ0n) is 8.00. The smallest absolute Gasteiger partial charge is 0.124 e. The molecule has 0 amide bonds. The summed E-state index contributed by atoms with van der Waals surface area (Å²) < 4.78 is 13.0. The number of hydrogen-bond acceptors (Lipinski definition) is 1. The van der Waals surface area contributed by atoms with Gasteiger partial charge in [0.1, 0.15) is 5.82 Å². The maximum Gasteiger partial charge on any atom is 0.124 e. The van der Waals surface area contributed by atoms with Crippen molar-refractivity contribution >= 4 is 11.6 Å². The lowest BCUT2D eigenvalue weighted by Gasteiger charge is -2.17. The van der Waals surface area contributed by atoms with Gasteiger partial charge in [0, 0.05) is 10.9 Å². The van der Waals surface area contributed by atoms with E-state index in [1.807, 2.05) is 6.92 Å². The van der Waals surface area contributed by atoms with Crippen molar-refractivity contribution in [2.45, 2.75) is 25.4 Å². The summed E-state index contributed by atoms with van der Waals surface area (Å²) in [5, 5.41) is 9.86. The molecule has 1 nitrogen and oxygen atoms in total. The third kappa shape index (κ3) is 2.69. The summed E-state index contributed by atoms with van der Waals surface area (Å²) in [5.41, 5.74) is 0.629. The lowest BCUT2D eigenvalue weighted by Crippen LogP contribution is -2.14. The molecule has 0 fully saturated rings. The first-order valence-electron chi connectivity index (χ1n) is 4.51. The van der Waals surface area contributed by atoms with Crippen LogP contribution in [0, 0.1) is 12.7 Å². The molecule has 0 aliphatic carbocycles. The second kappa shape index (κ2) is 4.76. The summed E-state index contributed by atoms with van der Waals surface area (Å²) in [5.74, 6) is -0.738. The average molecular weight is 216 g/mol. The molecular formula is C11H13ClFO. The Hall–Kier alpha value is -0.600. The Morgan fingerprint density at radius 1 is 1.50 bits per heavy atom. The van der Waals surface area contributed by atoms with Crippen LogP contribution in [0.5, 0.6) is 0 Å². The highest BCUT2D eigenvalue weighted by molar-refractivity contribution is 6.30. The van der Waals surface area contributed by atoms with Gasteiger partial charge in [0.2, 0.25) is 0 Å². The summed E-state index contributed by atoms with van der Waals surface area (Å²) in [6.45, 7) is 5.64. The number of hydrogen-bond donors (Lipinski definition) is 1. The number of aliphatic hydroxyl groups is 1. The van der Waals surface area contributed by atoms with Crippen molar-refractivity contribution in [3.05, 3.63) is 41.5 Å². The molecule has 0 aromatic heterocycles. The largest absolute Gasteiger partial charge is 0.393 e. The molecule has 0 saturated heterocycles. The standard InChI is InChI=1S/C11H13ClFO/c1-3-11(14)7(2)8-4-9(12)6-10(13)5-8/h4-7,11,14H,2-3H2,1H3. The lowest BCUT2D eigenvalue weighted by molar-refractivity contribution is 0.154. The van der Waals surface area contributed by atoms with Crippen molar-refractivity contribution < 1.29 is 9.50 Å². The highest BCUT2D eigenvalue weighted by Crippen LogP contribution is 2.24. The molecule has 0 aliphatic rings. The Labute approximate surface area is 88.5 Å². The molecule has 0 aliphatic heterocycles. The minimum Gasteiger partial charge on any atom is -0.393 e. The highest BCUT2D eigenvalue weighted by atomic mass is 35.5. The van der Waals surface area contributed by atoms with Gasteiger partial charge in [0.15, 0.2) is 0 Å². The molecule has 1 rings (SSSR count). The SMILES string of the molecule is [CH2]C(c1cc(F)cc(Cl)c1)C(O)CC. The Balaban J connectivity index is 2.94. The molecule has 14 heavy (non-hydrogen) atoms. The number of benzene rings is 1.